The Kier molecular flexibility index (Phi) is 5.59. The molecule has 6 rings (SSSR count). The first-order chi connectivity index (χ1) is 15.4. The van der Waals surface area contributed by atoms with E-state index in [1.54, 1.807) is 0 Å². The Hall–Kier alpha value is -2.57. The first-order valence-electron chi connectivity index (χ1n) is 12.2. The van der Waals surface area contributed by atoms with Crippen LogP contribution in [0.25, 0.3) is 11.0 Å². The molecular formula is C25H35N5O2. The van der Waals surface area contributed by atoms with Gasteiger partial charge in [0, 0.05) is 18.5 Å². The van der Waals surface area contributed by atoms with Gasteiger partial charge in [0.1, 0.15) is 5.82 Å². The molecule has 1 aromatic heterocycles. The molecule has 0 saturated heterocycles. The molecule has 0 spiro atoms. The van der Waals surface area contributed by atoms with Crippen molar-refractivity contribution in [2.24, 2.45) is 23.7 Å². The summed E-state index contributed by atoms with van der Waals surface area (Å²) in [7, 11) is 0. The maximum absolute atomic E-state index is 12.6. The fourth-order valence-corrected chi connectivity index (χ4v) is 6.75. The number of H-pyrrole nitrogens is 1. The van der Waals surface area contributed by atoms with Crippen LogP contribution in [0.4, 0.5) is 4.79 Å². The SMILES string of the molecule is CC(C)C(NC(=O)CCNC(=O)NC12CC3CC(CC(C3)C1)C2)c1nc2ccccc2[nH]1. The molecule has 1 unspecified atom stereocenters. The molecule has 3 amide bonds. The van der Waals surface area contributed by atoms with Gasteiger partial charge in [-0.1, -0.05) is 26.0 Å². The van der Waals surface area contributed by atoms with Gasteiger partial charge < -0.3 is 20.9 Å². The Morgan fingerprint density at radius 3 is 2.38 bits per heavy atom. The van der Waals surface area contributed by atoms with Crippen molar-refractivity contribution in [3.63, 3.8) is 0 Å². The van der Waals surface area contributed by atoms with Gasteiger partial charge in [0.25, 0.3) is 0 Å². The van der Waals surface area contributed by atoms with E-state index in [2.05, 4.69) is 39.8 Å². The predicted molar refractivity (Wildman–Crippen MR) is 124 cm³/mol. The molecule has 2 aromatic rings. The quantitative estimate of drug-likeness (QED) is 0.526. The van der Waals surface area contributed by atoms with Crippen LogP contribution < -0.4 is 16.0 Å². The van der Waals surface area contributed by atoms with E-state index in [9.17, 15) is 9.59 Å². The first kappa shape index (κ1) is 21.3. The number of para-hydroxylation sites is 2. The van der Waals surface area contributed by atoms with Crippen LogP contribution in [-0.4, -0.2) is 34.0 Å². The monoisotopic (exact) mass is 437 g/mol. The summed E-state index contributed by atoms with van der Waals surface area (Å²) in [6.07, 6.45) is 7.68. The summed E-state index contributed by atoms with van der Waals surface area (Å²) >= 11 is 0. The number of imidazole rings is 1. The van der Waals surface area contributed by atoms with Crippen LogP contribution in [0.3, 0.4) is 0 Å². The number of nitrogens with zero attached hydrogens (tertiary/aromatic N) is 1. The molecule has 0 radical (unpaired) electrons. The zero-order valence-corrected chi connectivity index (χ0v) is 19.1. The number of benzene rings is 1. The molecule has 4 aliphatic rings. The third-order valence-corrected chi connectivity index (χ3v) is 7.74. The van der Waals surface area contributed by atoms with E-state index in [1.165, 1.54) is 19.3 Å². The van der Waals surface area contributed by atoms with Crippen molar-refractivity contribution < 1.29 is 9.59 Å². The smallest absolute Gasteiger partial charge is 0.315 e. The van der Waals surface area contributed by atoms with Crippen LogP contribution in [0.15, 0.2) is 24.3 Å². The highest BCUT2D eigenvalue weighted by Crippen LogP contribution is 2.55. The van der Waals surface area contributed by atoms with Crippen LogP contribution in [0.1, 0.15) is 70.7 Å². The van der Waals surface area contributed by atoms with Gasteiger partial charge in [-0.2, -0.15) is 0 Å². The van der Waals surface area contributed by atoms with Crippen LogP contribution in [0.2, 0.25) is 0 Å². The van der Waals surface area contributed by atoms with Gasteiger partial charge in [-0.15, -0.1) is 0 Å². The van der Waals surface area contributed by atoms with E-state index < -0.39 is 0 Å². The van der Waals surface area contributed by atoms with Gasteiger partial charge in [0.2, 0.25) is 5.91 Å². The van der Waals surface area contributed by atoms with E-state index >= 15 is 0 Å². The summed E-state index contributed by atoms with van der Waals surface area (Å²) < 4.78 is 0. The Balaban J connectivity index is 1.11. The summed E-state index contributed by atoms with van der Waals surface area (Å²) in [5, 5.41) is 9.31. The lowest BCUT2D eigenvalue weighted by Crippen LogP contribution is -2.61. The molecule has 4 saturated carbocycles. The molecular weight excluding hydrogens is 402 g/mol. The molecule has 1 atom stereocenters. The summed E-state index contributed by atoms with van der Waals surface area (Å²) in [6, 6.07) is 7.54. The number of hydrogen-bond acceptors (Lipinski definition) is 3. The van der Waals surface area contributed by atoms with Crippen LogP contribution in [0.5, 0.6) is 0 Å². The number of nitrogens with one attached hydrogen (secondary N) is 4. The van der Waals surface area contributed by atoms with Crippen LogP contribution in [0, 0.1) is 23.7 Å². The summed E-state index contributed by atoms with van der Waals surface area (Å²) in [5.41, 5.74) is 1.85. The molecule has 4 aliphatic carbocycles. The molecule has 1 heterocycles. The fourth-order valence-electron chi connectivity index (χ4n) is 6.75. The lowest BCUT2D eigenvalue weighted by Gasteiger charge is -2.56. The zero-order valence-electron chi connectivity index (χ0n) is 19.1. The Morgan fingerprint density at radius 2 is 1.75 bits per heavy atom. The maximum atomic E-state index is 12.6. The number of amides is 3. The highest BCUT2D eigenvalue weighted by atomic mass is 16.2. The number of aromatic nitrogens is 2. The second kappa shape index (κ2) is 8.41. The number of urea groups is 1. The number of aromatic amines is 1. The molecule has 4 fully saturated rings. The molecule has 172 valence electrons. The highest BCUT2D eigenvalue weighted by Gasteiger charge is 2.51. The molecule has 32 heavy (non-hydrogen) atoms. The molecule has 4 bridgehead atoms. The number of carbonyl (C=O) groups is 2. The van der Waals surface area contributed by atoms with E-state index in [-0.39, 0.29) is 35.9 Å². The second-order valence-electron chi connectivity index (χ2n) is 10.8. The molecule has 4 N–H and O–H groups in total. The van der Waals surface area contributed by atoms with Crippen LogP contribution >= 0.6 is 0 Å². The van der Waals surface area contributed by atoms with E-state index in [0.29, 0.717) is 6.54 Å². The molecule has 1 aromatic carbocycles. The van der Waals surface area contributed by atoms with Crippen molar-refractivity contribution in [1.82, 2.24) is 25.9 Å². The van der Waals surface area contributed by atoms with Gasteiger partial charge in [-0.3, -0.25) is 4.79 Å². The van der Waals surface area contributed by atoms with Crippen molar-refractivity contribution in [2.75, 3.05) is 6.54 Å². The number of fused-ring (bicyclic) bond motifs is 1. The van der Waals surface area contributed by atoms with Crippen molar-refractivity contribution in [3.05, 3.63) is 30.1 Å². The summed E-state index contributed by atoms with van der Waals surface area (Å²) in [5.74, 6) is 3.24. The zero-order chi connectivity index (χ0) is 22.3. The van der Waals surface area contributed by atoms with Crippen LogP contribution in [-0.2, 0) is 4.79 Å². The van der Waals surface area contributed by atoms with E-state index in [1.807, 2.05) is 24.3 Å². The van der Waals surface area contributed by atoms with Gasteiger partial charge in [0.05, 0.1) is 17.1 Å². The van der Waals surface area contributed by atoms with Crippen molar-refractivity contribution in [1.29, 1.82) is 0 Å². The first-order valence-corrected chi connectivity index (χ1v) is 12.2. The fraction of sp³-hybridized carbons (Fsp3) is 0.640. The Labute approximate surface area is 189 Å². The van der Waals surface area contributed by atoms with Gasteiger partial charge >= 0.3 is 6.03 Å². The minimum absolute atomic E-state index is 0.00881. The average Bonchev–Trinajstić information content (AvgIpc) is 3.14. The van der Waals surface area contributed by atoms with Gasteiger partial charge in [-0.25, -0.2) is 9.78 Å². The lowest BCUT2D eigenvalue weighted by molar-refractivity contribution is -0.122. The average molecular weight is 438 g/mol. The highest BCUT2D eigenvalue weighted by molar-refractivity contribution is 5.79. The Morgan fingerprint density at radius 1 is 1.09 bits per heavy atom. The maximum Gasteiger partial charge on any atom is 0.315 e. The molecule has 0 aliphatic heterocycles. The van der Waals surface area contributed by atoms with E-state index in [4.69, 9.17) is 0 Å². The van der Waals surface area contributed by atoms with Crippen molar-refractivity contribution >= 4 is 23.0 Å². The number of carbonyl (C=O) groups excluding carboxylic acids is 2. The second-order valence-corrected chi connectivity index (χ2v) is 10.8. The third kappa shape index (κ3) is 4.34. The largest absolute Gasteiger partial charge is 0.346 e. The number of rotatable bonds is 7. The third-order valence-electron chi connectivity index (χ3n) is 7.74. The van der Waals surface area contributed by atoms with Gasteiger partial charge in [-0.05, 0) is 74.3 Å². The van der Waals surface area contributed by atoms with Crippen molar-refractivity contribution in [2.45, 2.75) is 70.4 Å². The van der Waals surface area contributed by atoms with Gasteiger partial charge in [0.15, 0.2) is 0 Å². The summed E-state index contributed by atoms with van der Waals surface area (Å²) in [4.78, 5) is 33.2. The lowest BCUT2D eigenvalue weighted by atomic mass is 9.53. The minimum atomic E-state index is -0.198. The standard InChI is InChI=1S/C25H35N5O2/c1-15(2)22(23-27-19-5-3-4-6-20(19)28-23)29-21(31)7-8-26-24(32)30-25-12-16-9-17(13-25)11-18(10-16)14-25/h3-6,15-18,22H,7-14H2,1-2H3,(H,27,28)(H,29,31)(H2,26,30,32). The molecule has 7 heteroatoms. The molecule has 7 nitrogen and oxygen atoms in total. The Bertz CT molecular complexity index is 929. The topological polar surface area (TPSA) is 98.9 Å². The minimum Gasteiger partial charge on any atom is -0.346 e. The number of hydrogen-bond donors (Lipinski definition) is 4. The predicted octanol–water partition coefficient (Wildman–Crippen LogP) is 4.03. The normalized spacial score (nSPS) is 29.3. The summed E-state index contributed by atoms with van der Waals surface area (Å²) in [6.45, 7) is 4.46. The van der Waals surface area contributed by atoms with Crippen molar-refractivity contribution in [3.8, 4) is 0 Å². The van der Waals surface area contributed by atoms with E-state index in [0.717, 1.165) is 53.9 Å².